The quantitative estimate of drug-likeness (QED) is 0.619. The average molecular weight is 305 g/mol. The van der Waals surface area contributed by atoms with E-state index in [4.69, 9.17) is 7.85 Å². The van der Waals surface area contributed by atoms with Crippen molar-refractivity contribution in [3.8, 4) is 0 Å². The van der Waals surface area contributed by atoms with Crippen LogP contribution in [0.5, 0.6) is 0 Å². The average Bonchev–Trinajstić information content (AvgIpc) is 2.60. The van der Waals surface area contributed by atoms with E-state index in [0.29, 0.717) is 16.8 Å². The number of ketones is 1. The minimum Gasteiger partial charge on any atom is -0.322 e. The smallest absolute Gasteiger partial charge is 0.255 e. The largest absolute Gasteiger partial charge is 0.322 e. The van der Waals surface area contributed by atoms with Gasteiger partial charge in [-0.25, -0.2) is 0 Å². The number of Topliss-reactive ketones (excluding diaryl/α,β-unsaturated/α-hetero) is 1. The first-order valence-corrected chi connectivity index (χ1v) is 7.87. The third-order valence-corrected chi connectivity index (χ3v) is 3.69. The summed E-state index contributed by atoms with van der Waals surface area (Å²) in [5.41, 5.74) is 3.06. The van der Waals surface area contributed by atoms with Crippen molar-refractivity contribution < 1.29 is 9.59 Å². The van der Waals surface area contributed by atoms with Gasteiger partial charge in [-0.2, -0.15) is 0 Å². The summed E-state index contributed by atoms with van der Waals surface area (Å²) in [6, 6.07) is 14.4. The Bertz CT molecular complexity index is 663. The van der Waals surface area contributed by atoms with E-state index in [1.165, 1.54) is 5.56 Å². The Morgan fingerprint density at radius 1 is 0.957 bits per heavy atom. The van der Waals surface area contributed by atoms with Crippen LogP contribution in [0, 0.1) is 0 Å². The summed E-state index contributed by atoms with van der Waals surface area (Å²) in [5, 5.41) is 2.82. The first kappa shape index (κ1) is 17.0. The van der Waals surface area contributed by atoms with Gasteiger partial charge in [-0.15, -0.1) is 0 Å². The van der Waals surface area contributed by atoms with Gasteiger partial charge in [0.05, 0.1) is 7.85 Å². The highest BCUT2D eigenvalue weighted by molar-refractivity contribution is 6.24. The number of rotatable bonds is 7. The lowest BCUT2D eigenvalue weighted by atomic mass is 9.96. The topological polar surface area (TPSA) is 46.2 Å². The molecule has 2 rings (SSSR count). The lowest BCUT2D eigenvalue weighted by Crippen LogP contribution is -2.12. The number of nitrogens with one attached hydrogen (secondary N) is 1. The number of carbonyl (C=O) groups is 2. The Labute approximate surface area is 138 Å². The van der Waals surface area contributed by atoms with Crippen LogP contribution in [0.1, 0.15) is 46.0 Å². The second-order valence-corrected chi connectivity index (χ2v) is 5.46. The molecule has 0 heterocycles. The highest BCUT2D eigenvalue weighted by Crippen LogP contribution is 2.14. The molecule has 4 heteroatoms. The first-order valence-electron chi connectivity index (χ1n) is 7.87. The minimum atomic E-state index is -0.162. The minimum absolute atomic E-state index is 0.0178. The number of amides is 1. The van der Waals surface area contributed by atoms with E-state index < -0.39 is 0 Å². The molecular weight excluding hydrogens is 285 g/mol. The first-order chi connectivity index (χ1) is 11.1. The number of hydrogen-bond donors (Lipinski definition) is 1. The monoisotopic (exact) mass is 305 g/mol. The van der Waals surface area contributed by atoms with Crippen LogP contribution >= 0.6 is 0 Å². The fourth-order valence-electron chi connectivity index (χ4n) is 2.26. The number of carbonyl (C=O) groups excluding carboxylic acids is 2. The van der Waals surface area contributed by atoms with Gasteiger partial charge in [0.25, 0.3) is 5.91 Å². The Kier molecular flexibility index (Phi) is 6.15. The fourth-order valence-corrected chi connectivity index (χ4v) is 2.26. The van der Waals surface area contributed by atoms with Crippen molar-refractivity contribution in [1.82, 2.24) is 0 Å². The van der Waals surface area contributed by atoms with Crippen LogP contribution in [0.15, 0.2) is 48.5 Å². The predicted octanol–water partition coefficient (Wildman–Crippen LogP) is 4.05. The summed E-state index contributed by atoms with van der Waals surface area (Å²) in [5.74, 6) is -0.282. The zero-order chi connectivity index (χ0) is 16.7. The molecule has 2 aromatic rings. The fraction of sp³-hybridized carbons (Fsp3) is 0.263. The van der Waals surface area contributed by atoms with Crippen LogP contribution in [0.4, 0.5) is 5.69 Å². The van der Waals surface area contributed by atoms with Gasteiger partial charge in [0.2, 0.25) is 0 Å². The van der Waals surface area contributed by atoms with Crippen LogP contribution in [0.2, 0.25) is 6.32 Å². The standard InChI is InChI=1S/C19H20BNO2/c1-2-3-4-14-5-7-16(8-6-14)19(23)21-17-11-9-15(10-12-17)18(22)13-20/h5-12H,2-4,13H2,1H3,(H,21,23). The van der Waals surface area contributed by atoms with Gasteiger partial charge in [0.1, 0.15) is 0 Å². The van der Waals surface area contributed by atoms with Crippen LogP contribution < -0.4 is 5.32 Å². The van der Waals surface area contributed by atoms with E-state index in [1.54, 1.807) is 24.3 Å². The predicted molar refractivity (Wildman–Crippen MR) is 94.3 cm³/mol. The number of unbranched alkanes of at least 4 members (excludes halogenated alkanes) is 1. The van der Waals surface area contributed by atoms with E-state index >= 15 is 0 Å². The molecule has 23 heavy (non-hydrogen) atoms. The zero-order valence-corrected chi connectivity index (χ0v) is 13.3. The van der Waals surface area contributed by atoms with Crippen molar-refractivity contribution in [3.63, 3.8) is 0 Å². The Morgan fingerprint density at radius 2 is 1.57 bits per heavy atom. The molecule has 0 atom stereocenters. The maximum absolute atomic E-state index is 12.2. The molecule has 3 nitrogen and oxygen atoms in total. The van der Waals surface area contributed by atoms with Crippen LogP contribution in [-0.2, 0) is 6.42 Å². The Morgan fingerprint density at radius 3 is 2.13 bits per heavy atom. The van der Waals surface area contributed by atoms with Gasteiger partial charge in [0, 0.05) is 16.8 Å². The van der Waals surface area contributed by atoms with Crippen molar-refractivity contribution in [3.05, 3.63) is 65.2 Å². The van der Waals surface area contributed by atoms with Gasteiger partial charge in [-0.05, 0) is 61.1 Å². The second-order valence-electron chi connectivity index (χ2n) is 5.46. The summed E-state index contributed by atoms with van der Waals surface area (Å²) in [7, 11) is 5.32. The summed E-state index contributed by atoms with van der Waals surface area (Å²) in [6.07, 6.45) is 3.33. The summed E-state index contributed by atoms with van der Waals surface area (Å²) in [6.45, 7) is 2.16. The van der Waals surface area contributed by atoms with E-state index in [-0.39, 0.29) is 18.0 Å². The van der Waals surface area contributed by atoms with E-state index in [1.807, 2.05) is 24.3 Å². The molecule has 1 N–H and O–H groups in total. The molecular formula is C19H20BNO2. The van der Waals surface area contributed by atoms with Gasteiger partial charge in [-0.1, -0.05) is 25.5 Å². The molecule has 0 saturated carbocycles. The van der Waals surface area contributed by atoms with E-state index in [0.717, 1.165) is 19.3 Å². The Hall–Kier alpha value is -2.36. The number of hydrogen-bond acceptors (Lipinski definition) is 2. The third-order valence-electron chi connectivity index (χ3n) is 3.69. The van der Waals surface area contributed by atoms with Crippen molar-refractivity contribution in [2.45, 2.75) is 32.5 Å². The molecule has 2 aromatic carbocycles. The summed E-state index contributed by atoms with van der Waals surface area (Å²) >= 11 is 0. The molecule has 1 amide bonds. The molecule has 0 aromatic heterocycles. The summed E-state index contributed by atoms with van der Waals surface area (Å²) < 4.78 is 0. The van der Waals surface area contributed by atoms with Crippen LogP contribution in [-0.4, -0.2) is 19.5 Å². The molecule has 0 bridgehead atoms. The van der Waals surface area contributed by atoms with Gasteiger partial charge >= 0.3 is 0 Å². The van der Waals surface area contributed by atoms with E-state index in [2.05, 4.69) is 12.2 Å². The van der Waals surface area contributed by atoms with E-state index in [9.17, 15) is 9.59 Å². The molecule has 2 radical (unpaired) electrons. The maximum atomic E-state index is 12.2. The molecule has 0 unspecified atom stereocenters. The molecule has 0 saturated heterocycles. The summed E-state index contributed by atoms with van der Waals surface area (Å²) in [4.78, 5) is 23.7. The SMILES string of the molecule is [B]CC(=O)c1ccc(NC(=O)c2ccc(CCCC)cc2)cc1. The number of anilines is 1. The van der Waals surface area contributed by atoms with Crippen molar-refractivity contribution >= 4 is 25.2 Å². The van der Waals surface area contributed by atoms with Crippen molar-refractivity contribution in [2.24, 2.45) is 0 Å². The molecule has 0 aliphatic heterocycles. The second kappa shape index (κ2) is 8.32. The number of aryl methyl sites for hydroxylation is 1. The molecule has 0 aliphatic rings. The molecule has 116 valence electrons. The molecule has 0 aliphatic carbocycles. The maximum Gasteiger partial charge on any atom is 0.255 e. The van der Waals surface area contributed by atoms with Crippen molar-refractivity contribution in [1.29, 1.82) is 0 Å². The normalized spacial score (nSPS) is 10.3. The van der Waals surface area contributed by atoms with Crippen molar-refractivity contribution in [2.75, 3.05) is 5.32 Å². The Balaban J connectivity index is 1.99. The highest BCUT2D eigenvalue weighted by atomic mass is 16.1. The van der Waals surface area contributed by atoms with Crippen LogP contribution in [0.3, 0.4) is 0 Å². The van der Waals surface area contributed by atoms with Crippen LogP contribution in [0.25, 0.3) is 0 Å². The van der Waals surface area contributed by atoms with Gasteiger partial charge in [-0.3, -0.25) is 9.59 Å². The molecule has 0 fully saturated rings. The number of benzene rings is 2. The lowest BCUT2D eigenvalue weighted by Gasteiger charge is -2.07. The highest BCUT2D eigenvalue weighted by Gasteiger charge is 2.07. The lowest BCUT2D eigenvalue weighted by molar-refractivity contribution is 0.101. The third kappa shape index (κ3) is 4.81. The zero-order valence-electron chi connectivity index (χ0n) is 13.3. The van der Waals surface area contributed by atoms with Gasteiger partial charge < -0.3 is 5.32 Å². The van der Waals surface area contributed by atoms with Gasteiger partial charge in [0.15, 0.2) is 5.78 Å². The molecule has 0 spiro atoms.